The predicted octanol–water partition coefficient (Wildman–Crippen LogP) is 3.91. The fourth-order valence-electron chi connectivity index (χ4n) is 2.08. The summed E-state index contributed by atoms with van der Waals surface area (Å²) in [5.74, 6) is 0.0425. The highest BCUT2D eigenvalue weighted by Crippen LogP contribution is 2.20. The number of hydrogen-bond acceptors (Lipinski definition) is 1. The molecule has 0 aliphatic rings. The molecule has 2 aromatic carbocycles. The summed E-state index contributed by atoms with van der Waals surface area (Å²) in [6.07, 6.45) is 3.47. The number of rotatable bonds is 3. The van der Waals surface area contributed by atoms with Gasteiger partial charge in [0.1, 0.15) is 0 Å². The molecule has 19 heavy (non-hydrogen) atoms. The Labute approximate surface area is 111 Å². The number of benzene rings is 2. The molecule has 0 aliphatic carbocycles. The van der Waals surface area contributed by atoms with E-state index in [2.05, 4.69) is 17.1 Å². The molecule has 1 N–H and O–H groups in total. The van der Waals surface area contributed by atoms with Crippen LogP contribution < -0.4 is 0 Å². The fraction of sp³-hybridized carbons (Fsp3) is 0. The maximum Gasteiger partial charge on any atom is 0.194 e. The minimum absolute atomic E-state index is 0.0425. The van der Waals surface area contributed by atoms with Crippen molar-refractivity contribution in [1.29, 1.82) is 0 Å². The van der Waals surface area contributed by atoms with Crippen LogP contribution in [-0.2, 0) is 0 Å². The van der Waals surface area contributed by atoms with Crippen molar-refractivity contribution >= 4 is 5.78 Å². The summed E-state index contributed by atoms with van der Waals surface area (Å²) in [7, 11) is 0. The first kappa shape index (κ1) is 11.5. The Morgan fingerprint density at radius 1 is 0.737 bits per heavy atom. The number of nitrogens with one attached hydrogen (secondary N) is 1. The zero-order valence-electron chi connectivity index (χ0n) is 10.3. The van der Waals surface area contributed by atoms with Gasteiger partial charge in [0.2, 0.25) is 0 Å². The van der Waals surface area contributed by atoms with Crippen LogP contribution in [0.2, 0.25) is 0 Å². The van der Waals surface area contributed by atoms with Crippen molar-refractivity contribution in [3.8, 4) is 11.1 Å². The van der Waals surface area contributed by atoms with Crippen molar-refractivity contribution in [3.05, 3.63) is 84.2 Å². The Morgan fingerprint density at radius 2 is 1.42 bits per heavy atom. The van der Waals surface area contributed by atoms with Gasteiger partial charge in [0.15, 0.2) is 5.78 Å². The van der Waals surface area contributed by atoms with E-state index in [1.807, 2.05) is 42.5 Å². The lowest BCUT2D eigenvalue weighted by molar-refractivity contribution is 0.103. The highest BCUT2D eigenvalue weighted by atomic mass is 16.1. The average molecular weight is 247 g/mol. The Hall–Kier alpha value is -2.61. The molecule has 0 atom stereocenters. The first-order chi connectivity index (χ1) is 9.34. The summed E-state index contributed by atoms with van der Waals surface area (Å²) in [6.45, 7) is 0. The van der Waals surface area contributed by atoms with Crippen LogP contribution >= 0.6 is 0 Å². The van der Waals surface area contributed by atoms with Gasteiger partial charge in [-0.1, -0.05) is 54.6 Å². The van der Waals surface area contributed by atoms with Crippen molar-refractivity contribution in [1.82, 2.24) is 4.98 Å². The van der Waals surface area contributed by atoms with Crippen LogP contribution in [-0.4, -0.2) is 10.8 Å². The topological polar surface area (TPSA) is 32.9 Å². The molecule has 1 aromatic heterocycles. The molecule has 1 heterocycles. The SMILES string of the molecule is O=C(c1ccc(-c2ccccc2)cc1)c1cc[nH]c1. The molecular formula is C17H13NO. The van der Waals surface area contributed by atoms with Gasteiger partial charge in [-0.15, -0.1) is 0 Å². The predicted molar refractivity (Wildman–Crippen MR) is 76.1 cm³/mol. The van der Waals surface area contributed by atoms with Gasteiger partial charge in [-0.25, -0.2) is 0 Å². The highest BCUT2D eigenvalue weighted by molar-refractivity contribution is 6.09. The van der Waals surface area contributed by atoms with E-state index in [0.29, 0.717) is 11.1 Å². The van der Waals surface area contributed by atoms with E-state index < -0.39 is 0 Å². The molecular weight excluding hydrogens is 234 g/mol. The summed E-state index contributed by atoms with van der Waals surface area (Å²) in [5.41, 5.74) is 3.67. The van der Waals surface area contributed by atoms with Gasteiger partial charge in [0, 0.05) is 23.5 Å². The third-order valence-corrected chi connectivity index (χ3v) is 3.11. The second kappa shape index (κ2) is 4.94. The summed E-state index contributed by atoms with van der Waals surface area (Å²) in [6, 6.07) is 19.6. The number of aromatic nitrogens is 1. The molecule has 0 radical (unpaired) electrons. The minimum atomic E-state index is 0.0425. The lowest BCUT2D eigenvalue weighted by atomic mass is 10.0. The number of aromatic amines is 1. The molecule has 0 saturated heterocycles. The van der Waals surface area contributed by atoms with Crippen molar-refractivity contribution in [2.24, 2.45) is 0 Å². The quantitative estimate of drug-likeness (QED) is 0.699. The van der Waals surface area contributed by atoms with E-state index in [1.165, 1.54) is 0 Å². The lowest BCUT2D eigenvalue weighted by Gasteiger charge is -2.03. The van der Waals surface area contributed by atoms with Crippen molar-refractivity contribution in [3.63, 3.8) is 0 Å². The molecule has 3 aromatic rings. The van der Waals surface area contributed by atoms with Crippen molar-refractivity contribution in [2.45, 2.75) is 0 Å². The van der Waals surface area contributed by atoms with Gasteiger partial charge in [-0.3, -0.25) is 4.79 Å². The maximum atomic E-state index is 12.1. The normalized spacial score (nSPS) is 10.3. The molecule has 2 heteroatoms. The lowest BCUT2D eigenvalue weighted by Crippen LogP contribution is -1.99. The van der Waals surface area contributed by atoms with Gasteiger partial charge in [0.25, 0.3) is 0 Å². The van der Waals surface area contributed by atoms with Crippen LogP contribution in [0, 0.1) is 0 Å². The monoisotopic (exact) mass is 247 g/mol. The first-order valence-electron chi connectivity index (χ1n) is 6.17. The Bertz CT molecular complexity index is 667. The van der Waals surface area contributed by atoms with E-state index >= 15 is 0 Å². The van der Waals surface area contributed by atoms with Crippen LogP contribution in [0.15, 0.2) is 73.1 Å². The smallest absolute Gasteiger partial charge is 0.194 e. The van der Waals surface area contributed by atoms with Gasteiger partial charge in [0.05, 0.1) is 0 Å². The van der Waals surface area contributed by atoms with Crippen LogP contribution in [0.1, 0.15) is 15.9 Å². The largest absolute Gasteiger partial charge is 0.367 e. The number of carbonyl (C=O) groups is 1. The van der Waals surface area contributed by atoms with Gasteiger partial charge in [-0.2, -0.15) is 0 Å². The Kier molecular flexibility index (Phi) is 2.99. The summed E-state index contributed by atoms with van der Waals surface area (Å²) in [4.78, 5) is 15.0. The zero-order valence-corrected chi connectivity index (χ0v) is 10.3. The number of H-pyrrole nitrogens is 1. The van der Waals surface area contributed by atoms with Crippen LogP contribution in [0.3, 0.4) is 0 Å². The second-order valence-electron chi connectivity index (χ2n) is 4.37. The van der Waals surface area contributed by atoms with Crippen LogP contribution in [0.5, 0.6) is 0 Å². The van der Waals surface area contributed by atoms with E-state index in [0.717, 1.165) is 11.1 Å². The van der Waals surface area contributed by atoms with Crippen LogP contribution in [0.25, 0.3) is 11.1 Å². The number of hydrogen-bond donors (Lipinski definition) is 1. The molecule has 0 fully saturated rings. The second-order valence-corrected chi connectivity index (χ2v) is 4.37. The van der Waals surface area contributed by atoms with Gasteiger partial charge in [-0.05, 0) is 17.2 Å². The molecule has 0 amide bonds. The molecule has 0 saturated carbocycles. The summed E-state index contributed by atoms with van der Waals surface area (Å²) >= 11 is 0. The molecule has 92 valence electrons. The summed E-state index contributed by atoms with van der Waals surface area (Å²) in [5, 5.41) is 0. The Balaban J connectivity index is 1.90. The third kappa shape index (κ3) is 2.33. The van der Waals surface area contributed by atoms with E-state index in [1.54, 1.807) is 18.5 Å². The molecule has 0 spiro atoms. The fourth-order valence-corrected chi connectivity index (χ4v) is 2.08. The molecule has 0 aliphatic heterocycles. The number of carbonyl (C=O) groups excluding carboxylic acids is 1. The van der Waals surface area contributed by atoms with Gasteiger partial charge < -0.3 is 4.98 Å². The van der Waals surface area contributed by atoms with E-state index in [4.69, 9.17) is 0 Å². The van der Waals surface area contributed by atoms with E-state index in [-0.39, 0.29) is 5.78 Å². The molecule has 0 bridgehead atoms. The van der Waals surface area contributed by atoms with Crippen LogP contribution in [0.4, 0.5) is 0 Å². The van der Waals surface area contributed by atoms with Crippen molar-refractivity contribution in [2.75, 3.05) is 0 Å². The average Bonchev–Trinajstić information content (AvgIpc) is 3.02. The first-order valence-corrected chi connectivity index (χ1v) is 6.17. The minimum Gasteiger partial charge on any atom is -0.367 e. The maximum absolute atomic E-state index is 12.1. The Morgan fingerprint density at radius 3 is 2.05 bits per heavy atom. The zero-order chi connectivity index (χ0) is 13.1. The molecule has 2 nitrogen and oxygen atoms in total. The van der Waals surface area contributed by atoms with Gasteiger partial charge >= 0.3 is 0 Å². The molecule has 0 unspecified atom stereocenters. The van der Waals surface area contributed by atoms with E-state index in [9.17, 15) is 4.79 Å². The third-order valence-electron chi connectivity index (χ3n) is 3.11. The van der Waals surface area contributed by atoms with Crippen molar-refractivity contribution < 1.29 is 4.79 Å². The summed E-state index contributed by atoms with van der Waals surface area (Å²) < 4.78 is 0. The highest BCUT2D eigenvalue weighted by Gasteiger charge is 2.09. The standard InChI is InChI=1S/C17H13NO/c19-17(16-10-11-18-12-16)15-8-6-14(7-9-15)13-4-2-1-3-5-13/h1-12,18H. The molecule has 3 rings (SSSR count). The number of ketones is 1.